The number of hydrogen-bond acceptors (Lipinski definition) is 6. The number of aliphatic hydroxyl groups is 2. The van der Waals surface area contributed by atoms with Crippen molar-refractivity contribution in [3.63, 3.8) is 0 Å². The van der Waals surface area contributed by atoms with Crippen LogP contribution in [-0.2, 0) is 4.74 Å². The molecule has 0 aliphatic carbocycles. The highest BCUT2D eigenvalue weighted by Crippen LogP contribution is 1.99. The van der Waals surface area contributed by atoms with E-state index in [4.69, 9.17) is 9.84 Å². The van der Waals surface area contributed by atoms with Gasteiger partial charge in [-0.2, -0.15) is 0 Å². The van der Waals surface area contributed by atoms with Crippen molar-refractivity contribution in [2.75, 3.05) is 85.3 Å². The van der Waals surface area contributed by atoms with Crippen LogP contribution in [0.4, 0.5) is 0 Å². The molecule has 6 nitrogen and oxygen atoms in total. The maximum atomic E-state index is 9.22. The monoisotopic (exact) mass is 303 g/mol. The number of nitrogens with zero attached hydrogens (tertiary/aromatic N) is 3. The van der Waals surface area contributed by atoms with E-state index in [-0.39, 0.29) is 13.2 Å². The molecule has 1 aliphatic heterocycles. The molecular weight excluding hydrogens is 270 g/mol. The molecule has 1 aliphatic rings. The summed E-state index contributed by atoms with van der Waals surface area (Å²) in [6, 6.07) is 0. The summed E-state index contributed by atoms with van der Waals surface area (Å²) < 4.78 is 5.72. The molecule has 0 unspecified atom stereocenters. The van der Waals surface area contributed by atoms with Crippen molar-refractivity contribution in [1.29, 1.82) is 0 Å². The molecule has 1 saturated heterocycles. The highest BCUT2D eigenvalue weighted by atomic mass is 16.5. The van der Waals surface area contributed by atoms with Gasteiger partial charge < -0.3 is 14.9 Å². The van der Waals surface area contributed by atoms with Crippen molar-refractivity contribution >= 4 is 0 Å². The summed E-state index contributed by atoms with van der Waals surface area (Å²) in [4.78, 5) is 6.99. The largest absolute Gasteiger partial charge is 0.395 e. The first-order valence-corrected chi connectivity index (χ1v) is 8.26. The predicted molar refractivity (Wildman–Crippen MR) is 84.6 cm³/mol. The van der Waals surface area contributed by atoms with E-state index >= 15 is 0 Å². The maximum Gasteiger partial charge on any atom is 0.0594 e. The summed E-state index contributed by atoms with van der Waals surface area (Å²) in [5, 5.41) is 18.3. The minimum Gasteiger partial charge on any atom is -0.395 e. The van der Waals surface area contributed by atoms with Crippen molar-refractivity contribution in [1.82, 2.24) is 14.7 Å². The van der Waals surface area contributed by atoms with E-state index in [2.05, 4.69) is 21.6 Å². The molecule has 0 amide bonds. The van der Waals surface area contributed by atoms with Gasteiger partial charge in [0.05, 0.1) is 26.4 Å². The number of β-amino-alcohol motifs (C(OH)–C–C–N with tert-alkyl or cyclic N) is 2. The molecule has 0 spiro atoms. The third-order valence-electron chi connectivity index (χ3n) is 3.94. The van der Waals surface area contributed by atoms with Crippen molar-refractivity contribution in [2.24, 2.45) is 0 Å². The molecule has 1 fully saturated rings. The van der Waals surface area contributed by atoms with Crippen molar-refractivity contribution in [3.05, 3.63) is 0 Å². The van der Waals surface area contributed by atoms with Crippen LogP contribution in [0.15, 0.2) is 0 Å². The molecule has 0 radical (unpaired) electrons. The van der Waals surface area contributed by atoms with E-state index in [1.807, 2.05) is 0 Å². The summed E-state index contributed by atoms with van der Waals surface area (Å²) in [5.41, 5.74) is 0. The molecule has 0 saturated carbocycles. The van der Waals surface area contributed by atoms with Gasteiger partial charge >= 0.3 is 0 Å². The van der Waals surface area contributed by atoms with E-state index in [1.54, 1.807) is 0 Å². The Balaban J connectivity index is 2.51. The van der Waals surface area contributed by atoms with Gasteiger partial charge in [-0.15, -0.1) is 0 Å². The Hall–Kier alpha value is -0.240. The topological polar surface area (TPSA) is 59.4 Å². The molecule has 0 aromatic carbocycles. The second-order valence-corrected chi connectivity index (χ2v) is 5.58. The van der Waals surface area contributed by atoms with Crippen molar-refractivity contribution < 1.29 is 14.9 Å². The van der Waals surface area contributed by atoms with Crippen LogP contribution in [0.25, 0.3) is 0 Å². The third kappa shape index (κ3) is 8.70. The standard InChI is InChI=1S/C15H33N3O3/c1-2-3-16-4-5-17(8-12-19)6-7-18(9-13-20)11-15-21-14-10-16/h19-20H,2-15H2,1H3. The summed E-state index contributed by atoms with van der Waals surface area (Å²) in [6.07, 6.45) is 1.16. The molecule has 6 heteroatoms. The van der Waals surface area contributed by atoms with Crippen LogP contribution in [0.5, 0.6) is 0 Å². The molecular formula is C15H33N3O3. The Morgan fingerprint density at radius 3 is 1.57 bits per heavy atom. The van der Waals surface area contributed by atoms with Crippen LogP contribution in [-0.4, -0.2) is 110 Å². The summed E-state index contributed by atoms with van der Waals surface area (Å²) in [7, 11) is 0. The molecule has 0 aromatic heterocycles. The van der Waals surface area contributed by atoms with Crippen LogP contribution in [0.3, 0.4) is 0 Å². The van der Waals surface area contributed by atoms with E-state index in [1.165, 1.54) is 0 Å². The lowest BCUT2D eigenvalue weighted by atomic mass is 10.3. The smallest absolute Gasteiger partial charge is 0.0594 e. The second kappa shape index (κ2) is 12.3. The highest BCUT2D eigenvalue weighted by molar-refractivity contribution is 4.67. The lowest BCUT2D eigenvalue weighted by molar-refractivity contribution is 0.0605. The molecule has 126 valence electrons. The van der Waals surface area contributed by atoms with Crippen molar-refractivity contribution in [2.45, 2.75) is 13.3 Å². The fourth-order valence-corrected chi connectivity index (χ4v) is 2.66. The second-order valence-electron chi connectivity index (χ2n) is 5.58. The van der Waals surface area contributed by atoms with Gasteiger partial charge in [-0.05, 0) is 13.0 Å². The van der Waals surface area contributed by atoms with Gasteiger partial charge in [-0.25, -0.2) is 0 Å². The Bertz CT molecular complexity index is 224. The van der Waals surface area contributed by atoms with E-state index in [0.717, 1.165) is 72.0 Å². The zero-order valence-corrected chi connectivity index (χ0v) is 13.5. The molecule has 21 heavy (non-hydrogen) atoms. The van der Waals surface area contributed by atoms with Gasteiger partial charge in [-0.3, -0.25) is 14.7 Å². The van der Waals surface area contributed by atoms with Crippen LogP contribution in [0.2, 0.25) is 0 Å². The van der Waals surface area contributed by atoms with Crippen LogP contribution in [0, 0.1) is 0 Å². The number of rotatable bonds is 6. The van der Waals surface area contributed by atoms with Gasteiger partial charge in [0.15, 0.2) is 0 Å². The van der Waals surface area contributed by atoms with E-state index in [0.29, 0.717) is 6.54 Å². The van der Waals surface area contributed by atoms with Gasteiger partial charge in [0.2, 0.25) is 0 Å². The predicted octanol–water partition coefficient (Wildman–Crippen LogP) is -0.683. The fraction of sp³-hybridized carbons (Fsp3) is 1.00. The zero-order chi connectivity index (χ0) is 15.3. The summed E-state index contributed by atoms with van der Waals surface area (Å²) in [5.74, 6) is 0. The van der Waals surface area contributed by atoms with Crippen molar-refractivity contribution in [3.8, 4) is 0 Å². The van der Waals surface area contributed by atoms with Gasteiger partial charge in [0.25, 0.3) is 0 Å². The number of hydrogen-bond donors (Lipinski definition) is 2. The Morgan fingerprint density at radius 2 is 1.14 bits per heavy atom. The molecule has 0 atom stereocenters. The van der Waals surface area contributed by atoms with Crippen LogP contribution >= 0.6 is 0 Å². The number of aliphatic hydroxyl groups excluding tert-OH is 2. The van der Waals surface area contributed by atoms with Gasteiger partial charge in [0, 0.05) is 52.4 Å². The minimum atomic E-state index is 0.185. The molecule has 2 N–H and O–H groups in total. The number of ether oxygens (including phenoxy) is 1. The average molecular weight is 303 g/mol. The first kappa shape index (κ1) is 18.8. The normalized spacial score (nSPS) is 21.9. The molecule has 0 aromatic rings. The van der Waals surface area contributed by atoms with E-state index < -0.39 is 0 Å². The molecule has 1 heterocycles. The molecule has 0 bridgehead atoms. The zero-order valence-electron chi connectivity index (χ0n) is 13.5. The quantitative estimate of drug-likeness (QED) is 0.678. The summed E-state index contributed by atoms with van der Waals surface area (Å²) in [6.45, 7) is 12.3. The Kier molecular flexibility index (Phi) is 11.0. The fourth-order valence-electron chi connectivity index (χ4n) is 2.66. The third-order valence-corrected chi connectivity index (χ3v) is 3.94. The first-order valence-electron chi connectivity index (χ1n) is 8.26. The minimum absolute atomic E-state index is 0.185. The highest BCUT2D eigenvalue weighted by Gasteiger charge is 2.12. The molecule has 1 rings (SSSR count). The SMILES string of the molecule is CCCN1CCOCCN(CCO)CCN(CCO)CC1. The van der Waals surface area contributed by atoms with Gasteiger partial charge in [0.1, 0.15) is 0 Å². The Labute approximate surface area is 129 Å². The summed E-state index contributed by atoms with van der Waals surface area (Å²) >= 11 is 0. The first-order chi connectivity index (χ1) is 10.3. The van der Waals surface area contributed by atoms with E-state index in [9.17, 15) is 5.11 Å². The lowest BCUT2D eigenvalue weighted by Crippen LogP contribution is -2.44. The maximum absolute atomic E-state index is 9.22. The van der Waals surface area contributed by atoms with Gasteiger partial charge in [-0.1, -0.05) is 6.92 Å². The Morgan fingerprint density at radius 1 is 0.714 bits per heavy atom. The average Bonchev–Trinajstić information content (AvgIpc) is 2.47. The van der Waals surface area contributed by atoms with Crippen LogP contribution < -0.4 is 0 Å². The van der Waals surface area contributed by atoms with Crippen LogP contribution in [0.1, 0.15) is 13.3 Å². The lowest BCUT2D eigenvalue weighted by Gasteiger charge is -2.30.